The largest absolute Gasteiger partial charge is 0.507 e. The molecule has 1 heterocycles. The van der Waals surface area contributed by atoms with Crippen LogP contribution in [-0.2, 0) is 18.5 Å². The first-order chi connectivity index (χ1) is 12.1. The first-order valence-electron chi connectivity index (χ1n) is 6.76. The van der Waals surface area contributed by atoms with Gasteiger partial charge in [-0.2, -0.15) is 39.5 Å². The van der Waals surface area contributed by atoms with Crippen LogP contribution in [0.4, 0.5) is 39.5 Å². The van der Waals surface area contributed by atoms with Crippen molar-refractivity contribution < 1.29 is 44.6 Å². The number of hydrogen-bond donors (Lipinski definition) is 1. The number of thiophene rings is 1. The lowest BCUT2D eigenvalue weighted by atomic mass is 10.0. The molecule has 0 saturated heterocycles. The van der Waals surface area contributed by atoms with E-state index in [1.807, 2.05) is 0 Å². The Morgan fingerprint density at radius 2 is 1.26 bits per heavy atom. The second-order valence-electron chi connectivity index (χ2n) is 5.42. The fraction of sp³-hybridized carbons (Fsp3) is 0.200. The fourth-order valence-corrected chi connectivity index (χ4v) is 4.98. The van der Waals surface area contributed by atoms with E-state index in [0.717, 1.165) is 6.07 Å². The molecule has 12 heteroatoms. The van der Waals surface area contributed by atoms with Crippen LogP contribution in [0, 0.1) is 0 Å². The molecular formula is C15H4BrF9OS. The first kappa shape index (κ1) is 20.1. The molecule has 3 aromatic rings. The number of aromatic hydroxyl groups is 1. The molecule has 0 radical (unpaired) electrons. The molecule has 0 bridgehead atoms. The van der Waals surface area contributed by atoms with E-state index in [-0.39, 0.29) is 11.3 Å². The zero-order chi connectivity index (χ0) is 20.5. The number of phenolic OH excluding ortho intramolecular Hbond substituents is 1. The molecule has 1 aromatic heterocycles. The van der Waals surface area contributed by atoms with Crippen molar-refractivity contribution >= 4 is 47.4 Å². The normalized spacial score (nSPS) is 13.7. The minimum Gasteiger partial charge on any atom is -0.507 e. The van der Waals surface area contributed by atoms with Gasteiger partial charge in [-0.25, -0.2) is 0 Å². The monoisotopic (exact) mass is 482 g/mol. The van der Waals surface area contributed by atoms with Crippen molar-refractivity contribution in [3.05, 3.63) is 39.4 Å². The van der Waals surface area contributed by atoms with Gasteiger partial charge in [0.1, 0.15) is 11.3 Å². The first-order valence-corrected chi connectivity index (χ1v) is 8.37. The Morgan fingerprint density at radius 3 is 1.74 bits per heavy atom. The van der Waals surface area contributed by atoms with Crippen LogP contribution in [0.2, 0.25) is 0 Å². The van der Waals surface area contributed by atoms with Gasteiger partial charge in [0.2, 0.25) is 0 Å². The number of alkyl halides is 9. The van der Waals surface area contributed by atoms with Crippen LogP contribution < -0.4 is 0 Å². The van der Waals surface area contributed by atoms with Crippen LogP contribution in [0.5, 0.6) is 5.75 Å². The third kappa shape index (κ3) is 3.22. The Kier molecular flexibility index (Phi) is 4.38. The van der Waals surface area contributed by atoms with Crippen molar-refractivity contribution in [2.75, 3.05) is 0 Å². The summed E-state index contributed by atoms with van der Waals surface area (Å²) in [7, 11) is 0. The van der Waals surface area contributed by atoms with E-state index in [1.54, 1.807) is 0 Å². The highest BCUT2D eigenvalue weighted by atomic mass is 79.9. The average Bonchev–Trinajstić information content (AvgIpc) is 2.79. The van der Waals surface area contributed by atoms with Crippen molar-refractivity contribution in [1.29, 1.82) is 0 Å². The molecular weight excluding hydrogens is 479 g/mol. The molecule has 0 unspecified atom stereocenters. The Labute approximate surface area is 156 Å². The van der Waals surface area contributed by atoms with Gasteiger partial charge in [-0.3, -0.25) is 0 Å². The summed E-state index contributed by atoms with van der Waals surface area (Å²) in [5.41, 5.74) is -4.98. The lowest BCUT2D eigenvalue weighted by Crippen LogP contribution is -2.12. The third-order valence-electron chi connectivity index (χ3n) is 3.72. The van der Waals surface area contributed by atoms with Crippen LogP contribution in [0.25, 0.3) is 20.2 Å². The molecule has 1 nitrogen and oxygen atoms in total. The summed E-state index contributed by atoms with van der Waals surface area (Å²) >= 11 is 2.32. The van der Waals surface area contributed by atoms with Crippen LogP contribution in [0.3, 0.4) is 0 Å². The van der Waals surface area contributed by atoms with Gasteiger partial charge in [-0.1, -0.05) is 0 Å². The molecule has 0 aliphatic heterocycles. The predicted octanol–water partition coefficient (Wildman–Crippen LogP) is 7.58. The summed E-state index contributed by atoms with van der Waals surface area (Å²) in [6.45, 7) is 0. The fourth-order valence-electron chi connectivity index (χ4n) is 2.67. The summed E-state index contributed by atoms with van der Waals surface area (Å²) in [5.74, 6) is -1.23. The van der Waals surface area contributed by atoms with Gasteiger partial charge < -0.3 is 5.11 Å². The summed E-state index contributed by atoms with van der Waals surface area (Å²) in [4.78, 5) is 0. The van der Waals surface area contributed by atoms with E-state index < -0.39 is 65.6 Å². The van der Waals surface area contributed by atoms with E-state index >= 15 is 0 Å². The standard InChI is InChI=1S/C15H4BrF9OS/c16-10-6(13(17,18)19)3-5-4-1-2-7(26)8(14(20,21)22)11(4)27-12(5)9(10)15(23,24)25/h1-3,26H. The quantitative estimate of drug-likeness (QED) is 0.327. The smallest absolute Gasteiger partial charge is 0.421 e. The van der Waals surface area contributed by atoms with Gasteiger partial charge in [0.25, 0.3) is 0 Å². The van der Waals surface area contributed by atoms with Crippen molar-refractivity contribution in [2.45, 2.75) is 18.5 Å². The lowest BCUT2D eigenvalue weighted by Gasteiger charge is -2.16. The van der Waals surface area contributed by atoms with Gasteiger partial charge >= 0.3 is 18.5 Å². The maximum atomic E-state index is 13.4. The summed E-state index contributed by atoms with van der Waals surface area (Å²) in [6, 6.07) is 1.80. The number of phenols is 1. The molecule has 2 aromatic carbocycles. The molecule has 0 saturated carbocycles. The summed E-state index contributed by atoms with van der Waals surface area (Å²) in [6.07, 6.45) is -15.6. The minimum absolute atomic E-state index is 0.0190. The highest BCUT2D eigenvalue weighted by Crippen LogP contribution is 2.52. The Hall–Kier alpha value is -1.69. The van der Waals surface area contributed by atoms with Crippen LogP contribution in [0.15, 0.2) is 22.7 Å². The molecule has 0 atom stereocenters. The SMILES string of the molecule is Oc1ccc2c(sc3c(C(F)(F)F)c(Br)c(C(F)(F)F)cc32)c1C(F)(F)F. The molecule has 0 spiro atoms. The molecule has 0 aliphatic rings. The number of benzene rings is 2. The maximum Gasteiger partial charge on any atom is 0.421 e. The molecule has 0 fully saturated rings. The van der Waals surface area contributed by atoms with E-state index in [1.165, 1.54) is 0 Å². The van der Waals surface area contributed by atoms with Gasteiger partial charge in [0.05, 0.1) is 15.8 Å². The molecule has 1 N–H and O–H groups in total. The van der Waals surface area contributed by atoms with E-state index in [2.05, 4.69) is 15.9 Å². The van der Waals surface area contributed by atoms with E-state index in [9.17, 15) is 44.6 Å². The second kappa shape index (κ2) is 5.90. The average molecular weight is 483 g/mol. The molecule has 146 valence electrons. The second-order valence-corrected chi connectivity index (χ2v) is 7.24. The minimum atomic E-state index is -5.26. The van der Waals surface area contributed by atoms with Crippen molar-refractivity contribution in [1.82, 2.24) is 0 Å². The molecule has 27 heavy (non-hydrogen) atoms. The van der Waals surface area contributed by atoms with Crippen molar-refractivity contribution in [3.8, 4) is 5.75 Å². The van der Waals surface area contributed by atoms with E-state index in [4.69, 9.17) is 0 Å². The van der Waals surface area contributed by atoms with Crippen molar-refractivity contribution in [3.63, 3.8) is 0 Å². The zero-order valence-electron chi connectivity index (χ0n) is 12.4. The van der Waals surface area contributed by atoms with E-state index in [0.29, 0.717) is 12.1 Å². The Balaban J connectivity index is 2.61. The highest BCUT2D eigenvalue weighted by Gasteiger charge is 2.44. The van der Waals surface area contributed by atoms with Crippen LogP contribution in [-0.4, -0.2) is 5.11 Å². The number of fused-ring (bicyclic) bond motifs is 3. The number of hydrogen-bond acceptors (Lipinski definition) is 2. The number of halogens is 10. The maximum absolute atomic E-state index is 13.4. The summed E-state index contributed by atoms with van der Waals surface area (Å²) < 4.78 is 117. The highest BCUT2D eigenvalue weighted by molar-refractivity contribution is 9.10. The predicted molar refractivity (Wildman–Crippen MR) is 83.7 cm³/mol. The molecule has 3 rings (SSSR count). The van der Waals surface area contributed by atoms with Crippen LogP contribution in [0.1, 0.15) is 16.7 Å². The van der Waals surface area contributed by atoms with Gasteiger partial charge in [-0.05, 0) is 34.1 Å². The topological polar surface area (TPSA) is 20.2 Å². The van der Waals surface area contributed by atoms with Crippen molar-refractivity contribution in [2.24, 2.45) is 0 Å². The molecule has 0 aliphatic carbocycles. The van der Waals surface area contributed by atoms with Gasteiger partial charge in [-0.15, -0.1) is 11.3 Å². The van der Waals surface area contributed by atoms with Crippen LogP contribution >= 0.6 is 27.3 Å². The molecule has 0 amide bonds. The van der Waals surface area contributed by atoms with Gasteiger partial charge in [0.15, 0.2) is 0 Å². The number of rotatable bonds is 0. The Bertz CT molecular complexity index is 1060. The Morgan fingerprint density at radius 1 is 0.741 bits per heavy atom. The third-order valence-corrected chi connectivity index (χ3v) is 5.80. The zero-order valence-corrected chi connectivity index (χ0v) is 14.8. The summed E-state index contributed by atoms with van der Waals surface area (Å²) in [5, 5.41) is 8.41. The van der Waals surface area contributed by atoms with Gasteiger partial charge in [0, 0.05) is 19.9 Å². The lowest BCUT2D eigenvalue weighted by molar-refractivity contribution is -0.143.